The molecule has 2 aromatic rings. The number of carbonyl (C=O) groups excluding carboxylic acids is 2. The van der Waals surface area contributed by atoms with Crippen LogP contribution in [0.4, 0.5) is 14.9 Å². The number of benzene rings is 2. The fraction of sp³-hybridized carbons (Fsp3) is 0.364. The fourth-order valence-corrected chi connectivity index (χ4v) is 3.55. The zero-order valence-electron chi connectivity index (χ0n) is 16.3. The SMILES string of the molecule is CN(Cc1ccccc1)C(=O)N1CCC(C(=O)N(C)c2ccc(F)cc2)CC1. The van der Waals surface area contributed by atoms with E-state index in [2.05, 4.69) is 0 Å². The maximum atomic E-state index is 13.1. The summed E-state index contributed by atoms with van der Waals surface area (Å²) in [5.41, 5.74) is 1.76. The number of likely N-dealkylation sites (tertiary alicyclic amines) is 1. The molecule has 0 unspecified atom stereocenters. The van der Waals surface area contributed by atoms with Gasteiger partial charge in [-0.15, -0.1) is 0 Å². The molecule has 0 aromatic heterocycles. The van der Waals surface area contributed by atoms with Gasteiger partial charge in [0.15, 0.2) is 0 Å². The first-order chi connectivity index (χ1) is 13.5. The van der Waals surface area contributed by atoms with Crippen molar-refractivity contribution in [3.8, 4) is 0 Å². The molecule has 0 saturated carbocycles. The predicted octanol–water partition coefficient (Wildman–Crippen LogP) is 3.75. The van der Waals surface area contributed by atoms with Crippen LogP contribution in [0.25, 0.3) is 0 Å². The number of amides is 3. The second-order valence-corrected chi connectivity index (χ2v) is 7.26. The average molecular weight is 383 g/mol. The van der Waals surface area contributed by atoms with Gasteiger partial charge in [0.2, 0.25) is 5.91 Å². The predicted molar refractivity (Wildman–Crippen MR) is 107 cm³/mol. The van der Waals surface area contributed by atoms with Crippen molar-refractivity contribution < 1.29 is 14.0 Å². The Morgan fingerprint density at radius 1 is 1.00 bits per heavy atom. The summed E-state index contributed by atoms with van der Waals surface area (Å²) in [5, 5.41) is 0. The Kier molecular flexibility index (Phi) is 6.29. The molecule has 1 heterocycles. The fourth-order valence-electron chi connectivity index (χ4n) is 3.55. The second kappa shape index (κ2) is 8.87. The third-order valence-corrected chi connectivity index (χ3v) is 5.25. The highest BCUT2D eigenvalue weighted by atomic mass is 19.1. The number of rotatable bonds is 4. The van der Waals surface area contributed by atoms with Gasteiger partial charge in [-0.3, -0.25) is 4.79 Å². The summed E-state index contributed by atoms with van der Waals surface area (Å²) in [6.45, 7) is 1.68. The van der Waals surface area contributed by atoms with Crippen LogP contribution in [0.1, 0.15) is 18.4 Å². The van der Waals surface area contributed by atoms with Crippen molar-refractivity contribution in [2.45, 2.75) is 19.4 Å². The Labute approximate surface area is 165 Å². The number of hydrogen-bond acceptors (Lipinski definition) is 2. The molecule has 148 valence electrons. The van der Waals surface area contributed by atoms with Crippen molar-refractivity contribution in [1.82, 2.24) is 9.80 Å². The third kappa shape index (κ3) is 4.68. The average Bonchev–Trinajstić information content (AvgIpc) is 2.73. The van der Waals surface area contributed by atoms with Gasteiger partial charge < -0.3 is 14.7 Å². The molecular weight excluding hydrogens is 357 g/mol. The van der Waals surface area contributed by atoms with Gasteiger partial charge in [0.1, 0.15) is 5.82 Å². The molecular formula is C22H26FN3O2. The lowest BCUT2D eigenvalue weighted by Crippen LogP contribution is -2.47. The van der Waals surface area contributed by atoms with E-state index in [4.69, 9.17) is 0 Å². The first-order valence-electron chi connectivity index (χ1n) is 9.53. The lowest BCUT2D eigenvalue weighted by atomic mass is 9.95. The number of anilines is 1. The van der Waals surface area contributed by atoms with Gasteiger partial charge in [0.05, 0.1) is 0 Å². The van der Waals surface area contributed by atoms with Gasteiger partial charge in [-0.2, -0.15) is 0 Å². The molecule has 0 N–H and O–H groups in total. The Balaban J connectivity index is 1.52. The van der Waals surface area contributed by atoms with Crippen molar-refractivity contribution in [1.29, 1.82) is 0 Å². The Hall–Kier alpha value is -2.89. The van der Waals surface area contributed by atoms with Gasteiger partial charge in [-0.25, -0.2) is 9.18 Å². The summed E-state index contributed by atoms with van der Waals surface area (Å²) in [7, 11) is 3.51. The van der Waals surface area contributed by atoms with Gasteiger partial charge in [0.25, 0.3) is 0 Å². The summed E-state index contributed by atoms with van der Waals surface area (Å²) >= 11 is 0. The maximum Gasteiger partial charge on any atom is 0.320 e. The minimum Gasteiger partial charge on any atom is -0.325 e. The molecule has 1 aliphatic rings. The van der Waals surface area contributed by atoms with Crippen molar-refractivity contribution in [2.75, 3.05) is 32.1 Å². The van der Waals surface area contributed by atoms with Crippen LogP contribution >= 0.6 is 0 Å². The standard InChI is InChI=1S/C22H26FN3O2/c1-24(16-17-6-4-3-5-7-17)22(28)26-14-12-18(13-15-26)21(27)25(2)20-10-8-19(23)9-11-20/h3-11,18H,12-16H2,1-2H3. The number of nitrogens with zero attached hydrogens (tertiary/aromatic N) is 3. The van der Waals surface area contributed by atoms with Gasteiger partial charge in [-0.1, -0.05) is 30.3 Å². The van der Waals surface area contributed by atoms with E-state index in [1.165, 1.54) is 12.1 Å². The van der Waals surface area contributed by atoms with Crippen LogP contribution < -0.4 is 4.90 Å². The summed E-state index contributed by atoms with van der Waals surface area (Å²) in [6.07, 6.45) is 1.27. The Morgan fingerprint density at radius 3 is 2.21 bits per heavy atom. The van der Waals surface area contributed by atoms with Crippen LogP contribution in [0.2, 0.25) is 0 Å². The number of hydrogen-bond donors (Lipinski definition) is 0. The number of carbonyl (C=O) groups is 2. The molecule has 0 bridgehead atoms. The topological polar surface area (TPSA) is 43.9 Å². The Morgan fingerprint density at radius 2 is 1.61 bits per heavy atom. The molecule has 0 aliphatic carbocycles. The van der Waals surface area contributed by atoms with Gasteiger partial charge >= 0.3 is 6.03 Å². The molecule has 1 fully saturated rings. The molecule has 28 heavy (non-hydrogen) atoms. The lowest BCUT2D eigenvalue weighted by Gasteiger charge is -2.35. The van der Waals surface area contributed by atoms with Gasteiger partial charge in [-0.05, 0) is 42.7 Å². The maximum absolute atomic E-state index is 13.1. The normalized spacial score (nSPS) is 14.6. The van der Waals surface area contributed by atoms with Crippen LogP contribution in [-0.4, -0.2) is 48.9 Å². The molecule has 0 radical (unpaired) electrons. The molecule has 3 amide bonds. The second-order valence-electron chi connectivity index (χ2n) is 7.26. The quantitative estimate of drug-likeness (QED) is 0.807. The highest BCUT2D eigenvalue weighted by Gasteiger charge is 2.30. The van der Waals surface area contributed by atoms with E-state index in [0.717, 1.165) is 5.56 Å². The summed E-state index contributed by atoms with van der Waals surface area (Å²) in [5.74, 6) is -0.439. The van der Waals surface area contributed by atoms with Crippen molar-refractivity contribution in [3.05, 3.63) is 66.0 Å². The molecule has 1 aliphatic heterocycles. The highest BCUT2D eigenvalue weighted by Crippen LogP contribution is 2.23. The zero-order chi connectivity index (χ0) is 20.1. The van der Waals surface area contributed by atoms with E-state index >= 15 is 0 Å². The lowest BCUT2D eigenvalue weighted by molar-refractivity contribution is -0.123. The first kappa shape index (κ1) is 19.9. The number of urea groups is 1. The largest absolute Gasteiger partial charge is 0.325 e. The van der Waals surface area contributed by atoms with Crippen molar-refractivity contribution >= 4 is 17.6 Å². The molecule has 0 spiro atoms. The van der Waals surface area contributed by atoms with E-state index in [0.29, 0.717) is 38.2 Å². The van der Waals surface area contributed by atoms with E-state index in [-0.39, 0.29) is 23.7 Å². The molecule has 6 heteroatoms. The smallest absolute Gasteiger partial charge is 0.320 e. The van der Waals surface area contributed by atoms with E-state index < -0.39 is 0 Å². The van der Waals surface area contributed by atoms with Crippen LogP contribution in [0, 0.1) is 11.7 Å². The van der Waals surface area contributed by atoms with Crippen LogP contribution in [0.5, 0.6) is 0 Å². The summed E-state index contributed by atoms with van der Waals surface area (Å²) < 4.78 is 13.1. The van der Waals surface area contributed by atoms with Crippen LogP contribution in [-0.2, 0) is 11.3 Å². The van der Waals surface area contributed by atoms with E-state index in [9.17, 15) is 14.0 Å². The van der Waals surface area contributed by atoms with E-state index in [1.807, 2.05) is 35.2 Å². The third-order valence-electron chi connectivity index (χ3n) is 5.25. The van der Waals surface area contributed by atoms with Gasteiger partial charge in [0, 0.05) is 45.3 Å². The Bertz CT molecular complexity index is 802. The molecule has 5 nitrogen and oxygen atoms in total. The minimum absolute atomic E-state index is 0.0105. The molecule has 0 atom stereocenters. The van der Waals surface area contributed by atoms with Crippen molar-refractivity contribution in [3.63, 3.8) is 0 Å². The monoisotopic (exact) mass is 383 g/mol. The van der Waals surface area contributed by atoms with E-state index in [1.54, 1.807) is 36.0 Å². The van der Waals surface area contributed by atoms with Crippen LogP contribution in [0.3, 0.4) is 0 Å². The van der Waals surface area contributed by atoms with Crippen LogP contribution in [0.15, 0.2) is 54.6 Å². The molecule has 1 saturated heterocycles. The number of halogens is 1. The molecule has 2 aromatic carbocycles. The van der Waals surface area contributed by atoms with Crippen molar-refractivity contribution in [2.24, 2.45) is 5.92 Å². The first-order valence-corrected chi connectivity index (χ1v) is 9.53. The zero-order valence-corrected chi connectivity index (χ0v) is 16.3. The minimum atomic E-state index is -0.323. The number of piperidine rings is 1. The molecule has 3 rings (SSSR count). The highest BCUT2D eigenvalue weighted by molar-refractivity contribution is 5.94. The summed E-state index contributed by atoms with van der Waals surface area (Å²) in [4.78, 5) is 30.5. The summed E-state index contributed by atoms with van der Waals surface area (Å²) in [6, 6.07) is 15.8.